The van der Waals surface area contributed by atoms with E-state index in [9.17, 15) is 18.0 Å². The lowest BCUT2D eigenvalue weighted by Crippen LogP contribution is -2.52. The van der Waals surface area contributed by atoms with Gasteiger partial charge in [0, 0.05) is 22.6 Å². The number of likely N-dealkylation sites (N-methyl/N-ethyl adjacent to an activating group) is 1. The second kappa shape index (κ2) is 11.7. The van der Waals surface area contributed by atoms with Crippen molar-refractivity contribution in [2.45, 2.75) is 32.9 Å². The van der Waals surface area contributed by atoms with Crippen molar-refractivity contribution < 1.29 is 18.0 Å². The van der Waals surface area contributed by atoms with E-state index in [-0.39, 0.29) is 12.5 Å². The van der Waals surface area contributed by atoms with Crippen LogP contribution in [-0.4, -0.2) is 50.5 Å². The molecule has 0 aliphatic rings. The highest BCUT2D eigenvalue weighted by atomic mass is 79.9. The first-order valence-electron chi connectivity index (χ1n) is 10.1. The smallest absolute Gasteiger partial charge is 0.244 e. The van der Waals surface area contributed by atoms with Crippen molar-refractivity contribution in [2.75, 3.05) is 23.7 Å². The number of carbonyl (C=O) groups is 2. The molecule has 32 heavy (non-hydrogen) atoms. The zero-order valence-electron chi connectivity index (χ0n) is 18.2. The van der Waals surface area contributed by atoms with Gasteiger partial charge in [-0.2, -0.15) is 0 Å². The largest absolute Gasteiger partial charge is 0.355 e. The number of benzene rings is 2. The molecule has 0 bridgehead atoms. The normalized spacial score (nSPS) is 12.2. The minimum Gasteiger partial charge on any atom is -0.355 e. The number of halogens is 2. The second-order valence-electron chi connectivity index (χ2n) is 7.15. The molecule has 0 fully saturated rings. The monoisotopic (exact) mass is 543 g/mol. The van der Waals surface area contributed by atoms with E-state index < -0.39 is 28.5 Å². The number of carbonyl (C=O) groups excluding carboxylic acids is 2. The first kappa shape index (κ1) is 26.2. The maximum Gasteiger partial charge on any atom is 0.244 e. The Morgan fingerprint density at radius 1 is 1.09 bits per heavy atom. The van der Waals surface area contributed by atoms with Gasteiger partial charge >= 0.3 is 0 Å². The quantitative estimate of drug-likeness (QED) is 0.493. The van der Waals surface area contributed by atoms with Crippen LogP contribution in [0.3, 0.4) is 0 Å². The van der Waals surface area contributed by atoms with E-state index in [2.05, 4.69) is 21.2 Å². The minimum atomic E-state index is -3.78. The molecule has 0 aliphatic heterocycles. The summed E-state index contributed by atoms with van der Waals surface area (Å²) in [6.45, 7) is 3.62. The van der Waals surface area contributed by atoms with E-state index in [1.165, 1.54) is 4.90 Å². The standard InChI is InChI=1S/C22H27BrClN3O4S/c1-4-19(22(29)25-5-2)26(14-16-10-6-8-12-18(16)24)21(28)15-27(32(3,30)31)20-13-9-7-11-17(20)23/h6-13,19H,4-5,14-15H2,1-3H3,(H,25,29)/t19-/m1/s1. The van der Waals surface area contributed by atoms with Crippen molar-refractivity contribution in [3.63, 3.8) is 0 Å². The summed E-state index contributed by atoms with van der Waals surface area (Å²) in [5.74, 6) is -0.814. The topological polar surface area (TPSA) is 86.8 Å². The molecule has 2 amide bonds. The van der Waals surface area contributed by atoms with Gasteiger partial charge in [0.25, 0.3) is 0 Å². The zero-order valence-corrected chi connectivity index (χ0v) is 21.4. The van der Waals surface area contributed by atoms with Gasteiger partial charge in [0.1, 0.15) is 12.6 Å². The fraction of sp³-hybridized carbons (Fsp3) is 0.364. The fourth-order valence-corrected chi connectivity index (χ4v) is 4.94. The number of para-hydroxylation sites is 1. The van der Waals surface area contributed by atoms with Gasteiger partial charge in [-0.1, -0.05) is 48.9 Å². The summed E-state index contributed by atoms with van der Waals surface area (Å²) >= 11 is 9.66. The SMILES string of the molecule is CCNC(=O)[C@@H](CC)N(Cc1ccccc1Cl)C(=O)CN(c1ccccc1Br)S(C)(=O)=O. The van der Waals surface area contributed by atoms with Gasteiger partial charge in [0.2, 0.25) is 21.8 Å². The van der Waals surface area contributed by atoms with E-state index >= 15 is 0 Å². The summed E-state index contributed by atoms with van der Waals surface area (Å²) < 4.78 is 26.7. The number of rotatable bonds is 10. The summed E-state index contributed by atoms with van der Waals surface area (Å²) in [7, 11) is -3.78. The van der Waals surface area contributed by atoms with Crippen molar-refractivity contribution in [3.8, 4) is 0 Å². The summed E-state index contributed by atoms with van der Waals surface area (Å²) in [5, 5.41) is 3.21. The molecule has 0 spiro atoms. The summed E-state index contributed by atoms with van der Waals surface area (Å²) in [6.07, 6.45) is 1.40. The van der Waals surface area contributed by atoms with Gasteiger partial charge in [-0.25, -0.2) is 8.42 Å². The van der Waals surface area contributed by atoms with Crippen LogP contribution in [0.4, 0.5) is 5.69 Å². The van der Waals surface area contributed by atoms with Crippen LogP contribution < -0.4 is 9.62 Å². The third-order valence-electron chi connectivity index (χ3n) is 4.84. The maximum atomic E-state index is 13.5. The first-order chi connectivity index (χ1) is 15.1. The van der Waals surface area contributed by atoms with Crippen LogP contribution in [0.25, 0.3) is 0 Å². The zero-order chi connectivity index (χ0) is 23.9. The molecule has 10 heteroatoms. The van der Waals surface area contributed by atoms with Crippen molar-refractivity contribution in [1.82, 2.24) is 10.2 Å². The Hall–Kier alpha value is -2.10. The van der Waals surface area contributed by atoms with E-state index in [0.717, 1.165) is 10.6 Å². The highest BCUT2D eigenvalue weighted by molar-refractivity contribution is 9.10. The minimum absolute atomic E-state index is 0.0711. The van der Waals surface area contributed by atoms with E-state index in [4.69, 9.17) is 11.6 Å². The van der Waals surface area contributed by atoms with E-state index in [1.807, 2.05) is 0 Å². The van der Waals surface area contributed by atoms with Gasteiger partial charge in [-0.3, -0.25) is 13.9 Å². The third kappa shape index (κ3) is 6.70. The van der Waals surface area contributed by atoms with Gasteiger partial charge in [-0.05, 0) is 53.0 Å². The highest BCUT2D eigenvalue weighted by Gasteiger charge is 2.32. The molecule has 0 saturated heterocycles. The molecule has 0 radical (unpaired) electrons. The summed E-state index contributed by atoms with van der Waals surface area (Å²) in [5.41, 5.74) is 1.00. The Morgan fingerprint density at radius 2 is 1.72 bits per heavy atom. The summed E-state index contributed by atoms with van der Waals surface area (Å²) in [4.78, 5) is 27.6. The number of anilines is 1. The third-order valence-corrected chi connectivity index (χ3v) is 7.00. The Morgan fingerprint density at radius 3 is 2.28 bits per heavy atom. The van der Waals surface area contributed by atoms with Crippen LogP contribution in [0.2, 0.25) is 5.02 Å². The lowest BCUT2D eigenvalue weighted by molar-refractivity contribution is -0.140. The molecule has 1 N–H and O–H groups in total. The van der Waals surface area contributed by atoms with Crippen LogP contribution >= 0.6 is 27.5 Å². The number of nitrogens with zero attached hydrogens (tertiary/aromatic N) is 2. The van der Waals surface area contributed by atoms with Crippen LogP contribution in [0, 0.1) is 0 Å². The second-order valence-corrected chi connectivity index (χ2v) is 10.3. The molecular weight excluding hydrogens is 518 g/mol. The number of amides is 2. The highest BCUT2D eigenvalue weighted by Crippen LogP contribution is 2.28. The molecule has 7 nitrogen and oxygen atoms in total. The Kier molecular flexibility index (Phi) is 9.54. The molecule has 0 aromatic heterocycles. The number of hydrogen-bond acceptors (Lipinski definition) is 4. The molecule has 2 aromatic rings. The molecule has 2 aromatic carbocycles. The van der Waals surface area contributed by atoms with Crippen molar-refractivity contribution in [1.29, 1.82) is 0 Å². The molecule has 2 rings (SSSR count). The number of nitrogens with one attached hydrogen (secondary N) is 1. The van der Waals surface area contributed by atoms with Crippen molar-refractivity contribution in [3.05, 3.63) is 63.6 Å². The fourth-order valence-electron chi connectivity index (χ4n) is 3.27. The predicted octanol–water partition coefficient (Wildman–Crippen LogP) is 3.81. The van der Waals surface area contributed by atoms with E-state index in [1.54, 1.807) is 62.4 Å². The predicted molar refractivity (Wildman–Crippen MR) is 131 cm³/mol. The van der Waals surface area contributed by atoms with Crippen LogP contribution in [0.15, 0.2) is 53.0 Å². The first-order valence-corrected chi connectivity index (χ1v) is 13.1. The maximum absolute atomic E-state index is 13.5. The number of sulfonamides is 1. The van der Waals surface area contributed by atoms with Crippen LogP contribution in [-0.2, 0) is 26.2 Å². The van der Waals surface area contributed by atoms with Crippen molar-refractivity contribution >= 4 is 55.1 Å². The molecule has 0 heterocycles. The van der Waals surface area contributed by atoms with Gasteiger partial charge in [-0.15, -0.1) is 0 Å². The molecule has 0 aliphatic carbocycles. The van der Waals surface area contributed by atoms with Crippen molar-refractivity contribution in [2.24, 2.45) is 0 Å². The molecule has 0 saturated carbocycles. The lowest BCUT2D eigenvalue weighted by atomic mass is 10.1. The van der Waals surface area contributed by atoms with Gasteiger partial charge in [0.15, 0.2) is 0 Å². The van der Waals surface area contributed by atoms with Gasteiger partial charge < -0.3 is 10.2 Å². The number of hydrogen-bond donors (Lipinski definition) is 1. The average Bonchev–Trinajstić information content (AvgIpc) is 2.73. The van der Waals surface area contributed by atoms with Gasteiger partial charge in [0.05, 0.1) is 11.9 Å². The van der Waals surface area contributed by atoms with Crippen LogP contribution in [0.1, 0.15) is 25.8 Å². The van der Waals surface area contributed by atoms with Crippen LogP contribution in [0.5, 0.6) is 0 Å². The molecular formula is C22H27BrClN3O4S. The lowest BCUT2D eigenvalue weighted by Gasteiger charge is -2.33. The summed E-state index contributed by atoms with van der Waals surface area (Å²) in [6, 6.07) is 13.0. The Bertz CT molecular complexity index is 1060. The molecule has 174 valence electrons. The Labute approximate surface area is 202 Å². The molecule has 0 unspecified atom stereocenters. The average molecular weight is 545 g/mol. The van der Waals surface area contributed by atoms with E-state index in [0.29, 0.717) is 33.7 Å². The Balaban J connectivity index is 2.46. The molecule has 1 atom stereocenters.